The molecule has 2 aromatic carbocycles. The first-order chi connectivity index (χ1) is 13.0. The molecular weight excluding hydrogens is 340 g/mol. The number of amides is 2. The number of ether oxygens (including phenoxy) is 1. The van der Waals surface area contributed by atoms with Crippen molar-refractivity contribution in [2.45, 2.75) is 40.0 Å². The molecular formula is C22H28N2O3. The number of nitrogens with zero attached hydrogens (tertiary/aromatic N) is 1. The number of benzene rings is 2. The van der Waals surface area contributed by atoms with Gasteiger partial charge in [0.25, 0.3) is 0 Å². The van der Waals surface area contributed by atoms with Gasteiger partial charge in [-0.15, -0.1) is 0 Å². The Hall–Kier alpha value is -2.82. The van der Waals surface area contributed by atoms with Crippen LogP contribution in [0.25, 0.3) is 0 Å². The van der Waals surface area contributed by atoms with Crippen LogP contribution in [0.5, 0.6) is 5.75 Å². The summed E-state index contributed by atoms with van der Waals surface area (Å²) in [5.41, 5.74) is 3.91. The summed E-state index contributed by atoms with van der Waals surface area (Å²) in [6.07, 6.45) is 1.94. The number of carbonyl (C=O) groups excluding carboxylic acids is 2. The van der Waals surface area contributed by atoms with E-state index in [0.29, 0.717) is 6.54 Å². The van der Waals surface area contributed by atoms with E-state index in [9.17, 15) is 9.59 Å². The minimum Gasteiger partial charge on any atom is -0.497 e. The quantitative estimate of drug-likeness (QED) is 0.760. The fourth-order valence-corrected chi connectivity index (χ4v) is 3.05. The van der Waals surface area contributed by atoms with Crippen molar-refractivity contribution in [1.29, 1.82) is 0 Å². The number of nitrogens with one attached hydrogen (secondary N) is 1. The first-order valence-electron chi connectivity index (χ1n) is 9.32. The zero-order valence-electron chi connectivity index (χ0n) is 16.5. The van der Waals surface area contributed by atoms with Gasteiger partial charge in [0.2, 0.25) is 11.8 Å². The summed E-state index contributed by atoms with van der Waals surface area (Å²) in [7, 11) is 1.60. The van der Waals surface area contributed by atoms with Gasteiger partial charge in [-0.1, -0.05) is 32.0 Å². The van der Waals surface area contributed by atoms with Gasteiger partial charge >= 0.3 is 0 Å². The maximum atomic E-state index is 12.5. The molecule has 0 aromatic heterocycles. The van der Waals surface area contributed by atoms with Crippen LogP contribution in [0.4, 0.5) is 11.4 Å². The second kappa shape index (κ2) is 9.76. The number of methoxy groups -OCH3 is 1. The minimum atomic E-state index is -0.101. The third kappa shape index (κ3) is 5.33. The number of aryl methyl sites for hydroxylation is 2. The van der Waals surface area contributed by atoms with Crippen LogP contribution in [0, 0.1) is 0 Å². The van der Waals surface area contributed by atoms with E-state index in [2.05, 4.69) is 19.2 Å². The monoisotopic (exact) mass is 368 g/mol. The second-order valence-corrected chi connectivity index (χ2v) is 6.33. The topological polar surface area (TPSA) is 58.6 Å². The lowest BCUT2D eigenvalue weighted by molar-refractivity contribution is -0.117. The van der Waals surface area contributed by atoms with Crippen LogP contribution in [-0.2, 0) is 22.4 Å². The number of hydrogen-bond donors (Lipinski definition) is 1. The van der Waals surface area contributed by atoms with Gasteiger partial charge in [0.15, 0.2) is 0 Å². The second-order valence-electron chi connectivity index (χ2n) is 6.33. The third-order valence-electron chi connectivity index (χ3n) is 4.59. The van der Waals surface area contributed by atoms with Gasteiger partial charge in [-0.2, -0.15) is 0 Å². The average molecular weight is 368 g/mol. The van der Waals surface area contributed by atoms with E-state index in [1.54, 1.807) is 24.1 Å². The Morgan fingerprint density at radius 2 is 1.59 bits per heavy atom. The molecule has 0 saturated carbocycles. The Morgan fingerprint density at radius 1 is 1.00 bits per heavy atom. The molecule has 0 spiro atoms. The minimum absolute atomic E-state index is 0.0923. The first-order valence-corrected chi connectivity index (χ1v) is 9.32. The molecule has 2 amide bonds. The van der Waals surface area contributed by atoms with E-state index < -0.39 is 0 Å². The van der Waals surface area contributed by atoms with Crippen LogP contribution in [0.15, 0.2) is 42.5 Å². The molecule has 5 heteroatoms. The lowest BCUT2D eigenvalue weighted by Gasteiger charge is -2.21. The highest BCUT2D eigenvalue weighted by Crippen LogP contribution is 2.23. The van der Waals surface area contributed by atoms with Crippen molar-refractivity contribution < 1.29 is 14.3 Å². The summed E-state index contributed by atoms with van der Waals surface area (Å²) in [4.78, 5) is 26.2. The Morgan fingerprint density at radius 3 is 2.07 bits per heavy atom. The van der Waals surface area contributed by atoms with Gasteiger partial charge in [-0.25, -0.2) is 0 Å². The highest BCUT2D eigenvalue weighted by atomic mass is 16.5. The van der Waals surface area contributed by atoms with Crippen LogP contribution in [0.2, 0.25) is 0 Å². The molecule has 0 fully saturated rings. The summed E-state index contributed by atoms with van der Waals surface area (Å²) in [6.45, 7) is 5.98. The maximum absolute atomic E-state index is 12.5. The van der Waals surface area contributed by atoms with Crippen molar-refractivity contribution in [3.8, 4) is 5.75 Å². The third-order valence-corrected chi connectivity index (χ3v) is 4.59. The van der Waals surface area contributed by atoms with Crippen LogP contribution < -0.4 is 15.0 Å². The maximum Gasteiger partial charge on any atom is 0.226 e. The summed E-state index contributed by atoms with van der Waals surface area (Å²) in [5, 5.41) is 3.05. The molecule has 27 heavy (non-hydrogen) atoms. The van der Waals surface area contributed by atoms with Crippen molar-refractivity contribution in [1.82, 2.24) is 0 Å². The van der Waals surface area contributed by atoms with Crippen molar-refractivity contribution in [3.63, 3.8) is 0 Å². The lowest BCUT2D eigenvalue weighted by atomic mass is 10.0. The number of rotatable bonds is 8. The Balaban J connectivity index is 2.07. The van der Waals surface area contributed by atoms with E-state index in [0.717, 1.165) is 41.1 Å². The van der Waals surface area contributed by atoms with E-state index in [1.807, 2.05) is 30.3 Å². The highest BCUT2D eigenvalue weighted by Gasteiger charge is 2.15. The van der Waals surface area contributed by atoms with Crippen LogP contribution in [0.3, 0.4) is 0 Å². The number of anilines is 2. The molecule has 0 heterocycles. The molecule has 144 valence electrons. The standard InChI is InChI=1S/C22H28N2O3/c1-5-17-8-7-9-18(6-2)22(17)23-21(26)14-15-24(16(3)25)19-10-12-20(27-4)13-11-19/h7-13H,5-6,14-15H2,1-4H3,(H,23,26). The van der Waals surface area contributed by atoms with Gasteiger partial charge < -0.3 is 15.0 Å². The van der Waals surface area contributed by atoms with E-state index >= 15 is 0 Å². The van der Waals surface area contributed by atoms with Gasteiger partial charge in [0, 0.05) is 31.3 Å². The summed E-state index contributed by atoms with van der Waals surface area (Å²) >= 11 is 0. The average Bonchev–Trinajstić information content (AvgIpc) is 2.68. The molecule has 0 aliphatic rings. The summed E-state index contributed by atoms with van der Waals surface area (Å²) in [6, 6.07) is 13.3. The molecule has 0 aliphatic carbocycles. The van der Waals surface area contributed by atoms with E-state index in [-0.39, 0.29) is 18.2 Å². The van der Waals surface area contributed by atoms with E-state index in [1.165, 1.54) is 6.92 Å². The van der Waals surface area contributed by atoms with Gasteiger partial charge in [-0.05, 0) is 48.2 Å². The largest absolute Gasteiger partial charge is 0.497 e. The van der Waals surface area contributed by atoms with Crippen LogP contribution >= 0.6 is 0 Å². The lowest BCUT2D eigenvalue weighted by Crippen LogP contribution is -2.32. The number of para-hydroxylation sites is 1. The molecule has 0 saturated heterocycles. The molecule has 0 bridgehead atoms. The molecule has 2 aromatic rings. The Kier molecular flexibility index (Phi) is 7.41. The predicted octanol–water partition coefficient (Wildman–Crippen LogP) is 4.20. The predicted molar refractivity (Wildman–Crippen MR) is 109 cm³/mol. The number of hydrogen-bond acceptors (Lipinski definition) is 3. The Labute approximate surface area is 161 Å². The highest BCUT2D eigenvalue weighted by molar-refractivity contribution is 5.95. The fraction of sp³-hybridized carbons (Fsp3) is 0.364. The van der Waals surface area contributed by atoms with Crippen LogP contribution in [-0.4, -0.2) is 25.5 Å². The SMILES string of the molecule is CCc1cccc(CC)c1NC(=O)CCN(C(C)=O)c1ccc(OC)cc1. The van der Waals surface area contributed by atoms with Crippen molar-refractivity contribution in [2.75, 3.05) is 23.9 Å². The van der Waals surface area contributed by atoms with Gasteiger partial charge in [0.05, 0.1) is 7.11 Å². The van der Waals surface area contributed by atoms with E-state index in [4.69, 9.17) is 4.74 Å². The van der Waals surface area contributed by atoms with Gasteiger partial charge in [-0.3, -0.25) is 9.59 Å². The molecule has 1 N–H and O–H groups in total. The molecule has 2 rings (SSSR count). The van der Waals surface area contributed by atoms with Crippen molar-refractivity contribution >= 4 is 23.2 Å². The van der Waals surface area contributed by atoms with Crippen LogP contribution in [0.1, 0.15) is 38.3 Å². The normalized spacial score (nSPS) is 10.4. The molecule has 5 nitrogen and oxygen atoms in total. The zero-order chi connectivity index (χ0) is 19.8. The molecule has 0 atom stereocenters. The van der Waals surface area contributed by atoms with Crippen molar-refractivity contribution in [3.05, 3.63) is 53.6 Å². The van der Waals surface area contributed by atoms with Gasteiger partial charge in [0.1, 0.15) is 5.75 Å². The molecule has 0 radical (unpaired) electrons. The summed E-state index contributed by atoms with van der Waals surface area (Å²) < 4.78 is 5.15. The van der Waals surface area contributed by atoms with Crippen molar-refractivity contribution in [2.24, 2.45) is 0 Å². The Bertz CT molecular complexity index is 762. The molecule has 0 aliphatic heterocycles. The smallest absolute Gasteiger partial charge is 0.226 e. The fourth-order valence-electron chi connectivity index (χ4n) is 3.05. The number of carbonyl (C=O) groups is 2. The first kappa shape index (κ1) is 20.5. The zero-order valence-corrected chi connectivity index (χ0v) is 16.5. The summed E-state index contributed by atoms with van der Waals surface area (Å²) in [5.74, 6) is 0.532. The molecule has 0 unspecified atom stereocenters.